The lowest BCUT2D eigenvalue weighted by Gasteiger charge is -2.41. The van der Waals surface area contributed by atoms with Crippen molar-refractivity contribution in [1.29, 1.82) is 0 Å². The molecule has 1 saturated heterocycles. The van der Waals surface area contributed by atoms with Gasteiger partial charge in [0.15, 0.2) is 5.82 Å². The maximum absolute atomic E-state index is 13.4. The van der Waals surface area contributed by atoms with E-state index in [1.165, 1.54) is 20.6 Å². The average molecular weight is 482 g/mol. The Balaban J connectivity index is 1.34. The van der Waals surface area contributed by atoms with Gasteiger partial charge in [-0.05, 0) is 35.2 Å². The van der Waals surface area contributed by atoms with Crippen molar-refractivity contribution in [3.8, 4) is 11.3 Å². The Kier molecular flexibility index (Phi) is 5.07. The van der Waals surface area contributed by atoms with Crippen molar-refractivity contribution in [3.05, 3.63) is 36.4 Å². The molecule has 5 rings (SSSR count). The number of hydrogen-bond acceptors (Lipinski definition) is 7. The zero-order valence-electron chi connectivity index (χ0n) is 17.9. The quantitative estimate of drug-likeness (QED) is 0.601. The first-order chi connectivity index (χ1) is 15.6. The molecule has 3 aliphatic rings. The molecule has 1 aliphatic carbocycles. The van der Waals surface area contributed by atoms with Crippen LogP contribution in [0.25, 0.3) is 11.3 Å². The molecule has 33 heavy (non-hydrogen) atoms. The molecule has 1 atom stereocenters. The van der Waals surface area contributed by atoms with Gasteiger partial charge in [0.25, 0.3) is 5.92 Å². The number of amides is 1. The highest BCUT2D eigenvalue weighted by molar-refractivity contribution is 8.26. The van der Waals surface area contributed by atoms with Crippen molar-refractivity contribution in [2.45, 2.75) is 12.3 Å². The fraction of sp³-hybridized carbons (Fsp3) is 0.429. The number of aromatic nitrogens is 1. The topological polar surface area (TPSA) is 104 Å². The van der Waals surface area contributed by atoms with E-state index in [4.69, 9.17) is 5.11 Å². The molecule has 9 nitrogen and oxygen atoms in total. The number of nitrogens with zero attached hydrogens (tertiary/aromatic N) is 5. The Hall–Kier alpha value is -2.83. The van der Waals surface area contributed by atoms with Crippen LogP contribution in [0, 0.1) is 5.92 Å². The molecule has 2 aliphatic heterocycles. The van der Waals surface area contributed by atoms with Gasteiger partial charge in [0.1, 0.15) is 5.69 Å². The Morgan fingerprint density at radius 3 is 2.33 bits per heavy atom. The molecule has 1 aromatic carbocycles. The highest BCUT2D eigenvalue weighted by Crippen LogP contribution is 2.62. The normalized spacial score (nSPS) is 24.0. The predicted molar refractivity (Wildman–Crippen MR) is 123 cm³/mol. The van der Waals surface area contributed by atoms with E-state index in [1.54, 1.807) is 12.1 Å². The third-order valence-corrected chi connectivity index (χ3v) is 8.35. The van der Waals surface area contributed by atoms with E-state index in [9.17, 15) is 22.7 Å². The van der Waals surface area contributed by atoms with E-state index in [2.05, 4.69) is 9.88 Å². The van der Waals surface area contributed by atoms with Crippen LogP contribution in [0.4, 0.5) is 30.8 Å². The molecule has 1 unspecified atom stereocenters. The zero-order valence-corrected chi connectivity index (χ0v) is 18.8. The van der Waals surface area contributed by atoms with E-state index < -0.39 is 28.9 Å². The minimum Gasteiger partial charge on any atom is -0.465 e. The standard InChI is InChI=1S/C21H25F2N5O4S/c1-25-19-18(28(33(25,31)32)13-15-12-21(15,22)23)7-6-17(24-19)14-2-4-16(5-3-14)26-8-10-27(11-9-26)20(29)30/h2-7,15,31-32H,8-13H2,1H3,(H,29,30). The van der Waals surface area contributed by atoms with Crippen LogP contribution in [-0.4, -0.2) is 75.9 Å². The van der Waals surface area contributed by atoms with Crippen molar-refractivity contribution in [3.63, 3.8) is 0 Å². The van der Waals surface area contributed by atoms with Crippen molar-refractivity contribution in [2.75, 3.05) is 53.3 Å². The second-order valence-electron chi connectivity index (χ2n) is 8.55. The largest absolute Gasteiger partial charge is 0.465 e. The highest BCUT2D eigenvalue weighted by atomic mass is 32.3. The van der Waals surface area contributed by atoms with E-state index in [-0.39, 0.29) is 13.0 Å². The van der Waals surface area contributed by atoms with Gasteiger partial charge in [-0.3, -0.25) is 9.11 Å². The maximum Gasteiger partial charge on any atom is 0.407 e. The summed E-state index contributed by atoms with van der Waals surface area (Å²) in [5.74, 6) is -3.32. The summed E-state index contributed by atoms with van der Waals surface area (Å²) in [6.07, 6.45) is -1.15. The summed E-state index contributed by atoms with van der Waals surface area (Å²) in [5.41, 5.74) is 2.85. The summed E-state index contributed by atoms with van der Waals surface area (Å²) in [6.45, 7) is 1.98. The fourth-order valence-electron chi connectivity index (χ4n) is 4.29. The van der Waals surface area contributed by atoms with Gasteiger partial charge in [-0.2, -0.15) is 0 Å². The number of rotatable bonds is 4. The molecule has 2 fully saturated rings. The SMILES string of the molecule is CN1c2nc(-c3ccc(N4CCN(C(=O)O)CC4)cc3)ccc2N(CC2CC2(F)F)S1(O)O. The molecule has 2 aromatic rings. The predicted octanol–water partition coefficient (Wildman–Crippen LogP) is 4.04. The molecular formula is C21H25F2N5O4S. The Bertz CT molecular complexity index is 1080. The van der Waals surface area contributed by atoms with Crippen LogP contribution in [0.3, 0.4) is 0 Å². The molecule has 1 saturated carbocycles. The van der Waals surface area contributed by atoms with Crippen LogP contribution in [-0.2, 0) is 0 Å². The Morgan fingerprint density at radius 2 is 1.76 bits per heavy atom. The summed E-state index contributed by atoms with van der Waals surface area (Å²) >= 11 is 0. The maximum atomic E-state index is 13.4. The number of hydrogen-bond donors (Lipinski definition) is 3. The summed E-state index contributed by atoms with van der Waals surface area (Å²) in [6, 6.07) is 11.1. The Morgan fingerprint density at radius 1 is 1.12 bits per heavy atom. The third kappa shape index (κ3) is 3.81. The molecule has 0 spiro atoms. The monoisotopic (exact) mass is 481 g/mol. The van der Waals surface area contributed by atoms with Gasteiger partial charge in [-0.15, -0.1) is 0 Å². The molecular weight excluding hydrogens is 456 g/mol. The minimum atomic E-state index is -3.44. The second kappa shape index (κ2) is 7.61. The molecule has 3 N–H and O–H groups in total. The number of carbonyl (C=O) groups is 1. The van der Waals surface area contributed by atoms with Gasteiger partial charge in [-0.25, -0.2) is 27.2 Å². The van der Waals surface area contributed by atoms with Crippen LogP contribution in [0.1, 0.15) is 6.42 Å². The van der Waals surface area contributed by atoms with Gasteiger partial charge in [0.05, 0.1) is 5.69 Å². The van der Waals surface area contributed by atoms with Crippen LogP contribution in [0.15, 0.2) is 36.4 Å². The summed E-state index contributed by atoms with van der Waals surface area (Å²) in [5, 5.41) is 9.09. The van der Waals surface area contributed by atoms with Crippen LogP contribution < -0.4 is 13.5 Å². The summed E-state index contributed by atoms with van der Waals surface area (Å²) < 4.78 is 50.7. The number of halogens is 2. The number of fused-ring (bicyclic) bond motifs is 1. The van der Waals surface area contributed by atoms with Gasteiger partial charge < -0.3 is 14.9 Å². The van der Waals surface area contributed by atoms with E-state index in [1.807, 2.05) is 24.3 Å². The lowest BCUT2D eigenvalue weighted by Crippen LogP contribution is -2.48. The van der Waals surface area contributed by atoms with Crippen molar-refractivity contribution in [1.82, 2.24) is 9.88 Å². The molecule has 0 bridgehead atoms. The number of benzene rings is 1. The number of pyridine rings is 1. The van der Waals surface area contributed by atoms with Crippen LogP contribution >= 0.6 is 11.0 Å². The minimum absolute atomic E-state index is 0.141. The number of alkyl halides is 2. The highest BCUT2D eigenvalue weighted by Gasteiger charge is 2.59. The van der Waals surface area contributed by atoms with Gasteiger partial charge in [0.2, 0.25) is 0 Å². The van der Waals surface area contributed by atoms with E-state index in [0.717, 1.165) is 11.3 Å². The number of anilines is 3. The lowest BCUT2D eigenvalue weighted by atomic mass is 10.1. The van der Waals surface area contributed by atoms with Gasteiger partial charge in [0, 0.05) is 63.4 Å². The van der Waals surface area contributed by atoms with Gasteiger partial charge in [-0.1, -0.05) is 12.1 Å². The number of carboxylic acid groups (broad SMARTS) is 1. The zero-order chi connectivity index (χ0) is 23.5. The molecule has 1 aromatic heterocycles. The summed E-state index contributed by atoms with van der Waals surface area (Å²) in [4.78, 5) is 19.2. The molecule has 178 valence electrons. The lowest BCUT2D eigenvalue weighted by molar-refractivity contribution is 0.101. The van der Waals surface area contributed by atoms with Crippen LogP contribution in [0.2, 0.25) is 0 Å². The van der Waals surface area contributed by atoms with Crippen molar-refractivity contribution < 1.29 is 27.8 Å². The first kappa shape index (κ1) is 22.0. The first-order valence-electron chi connectivity index (χ1n) is 10.6. The Labute approximate surface area is 191 Å². The third-order valence-electron chi connectivity index (χ3n) is 6.50. The molecule has 3 heterocycles. The van der Waals surface area contributed by atoms with Gasteiger partial charge >= 0.3 is 6.09 Å². The fourth-order valence-corrected chi connectivity index (χ4v) is 5.74. The molecule has 12 heteroatoms. The average Bonchev–Trinajstić information content (AvgIpc) is 3.36. The van der Waals surface area contributed by atoms with Crippen LogP contribution in [0.5, 0.6) is 0 Å². The first-order valence-corrected chi connectivity index (χ1v) is 12.1. The van der Waals surface area contributed by atoms with E-state index in [0.29, 0.717) is 43.4 Å². The van der Waals surface area contributed by atoms with Crippen molar-refractivity contribution >= 4 is 34.2 Å². The van der Waals surface area contributed by atoms with Crippen molar-refractivity contribution in [2.24, 2.45) is 5.92 Å². The number of piperazine rings is 1. The molecule has 0 radical (unpaired) electrons. The molecule has 1 amide bonds. The summed E-state index contributed by atoms with van der Waals surface area (Å²) in [7, 11) is -1.95. The van der Waals surface area contributed by atoms with E-state index >= 15 is 0 Å². The smallest absolute Gasteiger partial charge is 0.407 e. The second-order valence-corrected chi connectivity index (χ2v) is 10.5.